The summed E-state index contributed by atoms with van der Waals surface area (Å²) < 4.78 is -0.632. The minimum atomic E-state index is -0.632. The standard InChI is InChI=1S/C17H17Cl2N3O2S/c18-10-3-12-13(4-11(10)19)25-17(14(23)21-12)1-2-22(8-17)15(24)16-5-9(16)6-20-7-16/h3-4,9,20H,1-2,5-8H2,(H,21,23)/t9?,16-,17+/m1/s1. The summed E-state index contributed by atoms with van der Waals surface area (Å²) in [5, 5.41) is 7.17. The molecule has 3 atom stereocenters. The minimum absolute atomic E-state index is 0.0481. The molecule has 132 valence electrons. The van der Waals surface area contributed by atoms with E-state index in [4.69, 9.17) is 23.2 Å². The zero-order valence-corrected chi connectivity index (χ0v) is 15.7. The zero-order valence-electron chi connectivity index (χ0n) is 13.4. The third-order valence-electron chi connectivity index (χ3n) is 6.00. The molecule has 0 radical (unpaired) electrons. The lowest BCUT2D eigenvalue weighted by atomic mass is 10.0. The normalized spacial score (nSPS) is 35.5. The average molecular weight is 398 g/mol. The number of carbonyl (C=O) groups is 2. The second-order valence-electron chi connectivity index (χ2n) is 7.48. The van der Waals surface area contributed by atoms with Crippen molar-refractivity contribution >= 4 is 52.5 Å². The van der Waals surface area contributed by atoms with Gasteiger partial charge in [-0.3, -0.25) is 9.59 Å². The number of thioether (sulfide) groups is 1. The maximum Gasteiger partial charge on any atom is 0.242 e. The number of hydrogen-bond acceptors (Lipinski definition) is 4. The fourth-order valence-electron chi connectivity index (χ4n) is 4.41. The molecule has 2 N–H and O–H groups in total. The van der Waals surface area contributed by atoms with Crippen LogP contribution in [0.5, 0.6) is 0 Å². The van der Waals surface area contributed by atoms with Gasteiger partial charge in [0.25, 0.3) is 0 Å². The van der Waals surface area contributed by atoms with Crippen molar-refractivity contribution in [3.63, 3.8) is 0 Å². The Bertz CT molecular complexity index is 819. The third-order valence-corrected chi connectivity index (χ3v) is 8.19. The lowest BCUT2D eigenvalue weighted by Gasteiger charge is -2.33. The number of amides is 2. The van der Waals surface area contributed by atoms with Crippen LogP contribution in [0.1, 0.15) is 12.8 Å². The highest BCUT2D eigenvalue weighted by molar-refractivity contribution is 8.01. The molecule has 8 heteroatoms. The molecule has 3 aliphatic heterocycles. The largest absolute Gasteiger partial charge is 0.340 e. The molecule has 3 heterocycles. The highest BCUT2D eigenvalue weighted by atomic mass is 35.5. The second kappa shape index (κ2) is 5.28. The van der Waals surface area contributed by atoms with E-state index in [0.29, 0.717) is 41.2 Å². The molecule has 5 nitrogen and oxygen atoms in total. The maximum absolute atomic E-state index is 13.0. The average Bonchev–Trinajstić information content (AvgIpc) is 2.93. The summed E-state index contributed by atoms with van der Waals surface area (Å²) in [6, 6.07) is 3.48. The zero-order chi connectivity index (χ0) is 17.4. The Balaban J connectivity index is 1.40. The van der Waals surface area contributed by atoms with Gasteiger partial charge in [0.2, 0.25) is 11.8 Å². The Hall–Kier alpha value is -0.950. The van der Waals surface area contributed by atoms with Crippen LogP contribution in [-0.4, -0.2) is 47.6 Å². The molecule has 1 aliphatic carbocycles. The first kappa shape index (κ1) is 16.2. The predicted molar refractivity (Wildman–Crippen MR) is 98.3 cm³/mol. The van der Waals surface area contributed by atoms with Gasteiger partial charge in [-0.2, -0.15) is 0 Å². The fourth-order valence-corrected chi connectivity index (χ4v) is 6.18. The lowest BCUT2D eigenvalue weighted by Crippen LogP contribution is -2.47. The van der Waals surface area contributed by atoms with E-state index < -0.39 is 4.75 Å². The summed E-state index contributed by atoms with van der Waals surface area (Å²) in [6.07, 6.45) is 1.64. The molecule has 0 bridgehead atoms. The van der Waals surface area contributed by atoms with Crippen molar-refractivity contribution in [1.82, 2.24) is 10.2 Å². The molecule has 1 saturated carbocycles. The molecule has 5 rings (SSSR count). The highest BCUT2D eigenvalue weighted by Crippen LogP contribution is 2.57. The van der Waals surface area contributed by atoms with Crippen molar-refractivity contribution in [3.05, 3.63) is 22.2 Å². The quantitative estimate of drug-likeness (QED) is 0.764. The third kappa shape index (κ3) is 2.27. The summed E-state index contributed by atoms with van der Waals surface area (Å²) in [5.41, 5.74) is 0.497. The van der Waals surface area contributed by atoms with Gasteiger partial charge in [0.1, 0.15) is 4.75 Å². The second-order valence-corrected chi connectivity index (χ2v) is 9.72. The number of anilines is 1. The van der Waals surface area contributed by atoms with Crippen LogP contribution in [0, 0.1) is 11.3 Å². The van der Waals surface area contributed by atoms with Crippen molar-refractivity contribution in [3.8, 4) is 0 Å². The van der Waals surface area contributed by atoms with Crippen LogP contribution < -0.4 is 10.6 Å². The fraction of sp³-hybridized carbons (Fsp3) is 0.529. The summed E-state index contributed by atoms with van der Waals surface area (Å²) >= 11 is 13.7. The van der Waals surface area contributed by atoms with Gasteiger partial charge in [-0.15, -0.1) is 11.8 Å². The first-order chi connectivity index (χ1) is 11.9. The van der Waals surface area contributed by atoms with E-state index in [2.05, 4.69) is 10.6 Å². The van der Waals surface area contributed by atoms with Crippen LogP contribution in [0.25, 0.3) is 0 Å². The van der Waals surface area contributed by atoms with E-state index in [-0.39, 0.29) is 17.2 Å². The van der Waals surface area contributed by atoms with E-state index in [1.54, 1.807) is 12.1 Å². The van der Waals surface area contributed by atoms with Crippen molar-refractivity contribution in [2.24, 2.45) is 11.3 Å². The molecule has 2 saturated heterocycles. The van der Waals surface area contributed by atoms with E-state index >= 15 is 0 Å². The molecule has 1 aromatic rings. The maximum atomic E-state index is 13.0. The van der Waals surface area contributed by atoms with Crippen LogP contribution in [0.4, 0.5) is 5.69 Å². The van der Waals surface area contributed by atoms with Crippen LogP contribution in [0.2, 0.25) is 10.0 Å². The number of benzene rings is 1. The van der Waals surface area contributed by atoms with Crippen molar-refractivity contribution in [1.29, 1.82) is 0 Å². The minimum Gasteiger partial charge on any atom is -0.340 e. The van der Waals surface area contributed by atoms with Gasteiger partial charge < -0.3 is 15.5 Å². The monoisotopic (exact) mass is 397 g/mol. The topological polar surface area (TPSA) is 61.4 Å². The first-order valence-electron chi connectivity index (χ1n) is 8.43. The molecule has 0 aromatic heterocycles. The van der Waals surface area contributed by atoms with Gasteiger partial charge in [0, 0.05) is 24.5 Å². The van der Waals surface area contributed by atoms with Gasteiger partial charge in [0.05, 0.1) is 21.1 Å². The van der Waals surface area contributed by atoms with Crippen LogP contribution in [0.3, 0.4) is 0 Å². The molecule has 25 heavy (non-hydrogen) atoms. The number of carbonyl (C=O) groups excluding carboxylic acids is 2. The molecular formula is C17H17Cl2N3O2S. The van der Waals surface area contributed by atoms with Crippen LogP contribution in [-0.2, 0) is 9.59 Å². The summed E-state index contributed by atoms with van der Waals surface area (Å²) in [5.74, 6) is 0.645. The van der Waals surface area contributed by atoms with Gasteiger partial charge in [-0.25, -0.2) is 0 Å². The van der Waals surface area contributed by atoms with E-state index in [1.807, 2.05) is 4.90 Å². The molecule has 1 aromatic carbocycles. The number of rotatable bonds is 1. The number of hydrogen-bond donors (Lipinski definition) is 2. The van der Waals surface area contributed by atoms with Crippen molar-refractivity contribution in [2.75, 3.05) is 31.5 Å². The summed E-state index contributed by atoms with van der Waals surface area (Å²) in [7, 11) is 0. The van der Waals surface area contributed by atoms with E-state index in [9.17, 15) is 9.59 Å². The molecular weight excluding hydrogens is 381 g/mol. The Labute approximate surface area is 159 Å². The highest BCUT2D eigenvalue weighted by Gasteiger charge is 2.64. The van der Waals surface area contributed by atoms with E-state index in [0.717, 1.165) is 24.4 Å². The van der Waals surface area contributed by atoms with E-state index in [1.165, 1.54) is 11.8 Å². The molecule has 1 spiro atoms. The van der Waals surface area contributed by atoms with Crippen LogP contribution in [0.15, 0.2) is 17.0 Å². The smallest absolute Gasteiger partial charge is 0.242 e. The van der Waals surface area contributed by atoms with Crippen LogP contribution >= 0.6 is 35.0 Å². The van der Waals surface area contributed by atoms with Gasteiger partial charge >= 0.3 is 0 Å². The Kier molecular flexibility index (Phi) is 3.43. The number of piperidine rings is 1. The Morgan fingerprint density at radius 1 is 1.32 bits per heavy atom. The Morgan fingerprint density at radius 2 is 2.12 bits per heavy atom. The number of fused-ring (bicyclic) bond motifs is 2. The van der Waals surface area contributed by atoms with Gasteiger partial charge in [-0.1, -0.05) is 23.2 Å². The predicted octanol–water partition coefficient (Wildman–Crippen LogP) is 2.62. The molecule has 4 aliphatic rings. The SMILES string of the molecule is O=C1Nc2cc(Cl)c(Cl)cc2S[C@]12CCN(C(=O)[C@]13CNCC1C3)C2. The first-order valence-corrected chi connectivity index (χ1v) is 10.0. The lowest BCUT2D eigenvalue weighted by molar-refractivity contribution is -0.135. The molecule has 2 amide bonds. The number of halogens is 2. The summed E-state index contributed by atoms with van der Waals surface area (Å²) in [6.45, 7) is 2.80. The van der Waals surface area contributed by atoms with Crippen molar-refractivity contribution in [2.45, 2.75) is 22.5 Å². The molecule has 3 fully saturated rings. The van der Waals surface area contributed by atoms with Crippen molar-refractivity contribution < 1.29 is 9.59 Å². The summed E-state index contributed by atoms with van der Waals surface area (Å²) in [4.78, 5) is 28.6. The van der Waals surface area contributed by atoms with Gasteiger partial charge in [0.15, 0.2) is 0 Å². The number of nitrogens with one attached hydrogen (secondary N) is 2. The Morgan fingerprint density at radius 3 is 2.84 bits per heavy atom. The number of nitrogens with zero attached hydrogens (tertiary/aromatic N) is 1. The van der Waals surface area contributed by atoms with Gasteiger partial charge in [-0.05, 0) is 37.4 Å². The molecule has 1 unspecified atom stereocenters. The number of likely N-dealkylation sites (tertiary alicyclic amines) is 1.